The van der Waals surface area contributed by atoms with E-state index in [1.165, 1.54) is 6.42 Å². The van der Waals surface area contributed by atoms with Crippen LogP contribution in [-0.2, 0) is 33.3 Å². The van der Waals surface area contributed by atoms with Crippen molar-refractivity contribution in [3.63, 3.8) is 0 Å². The summed E-state index contributed by atoms with van der Waals surface area (Å²) in [5.41, 5.74) is -0.959. The zero-order valence-electron chi connectivity index (χ0n) is 28.0. The highest BCUT2D eigenvalue weighted by molar-refractivity contribution is 5.76. The Morgan fingerprint density at radius 1 is 0.750 bits per heavy atom. The number of hydrogen-bond acceptors (Lipinski definition) is 4. The number of amides is 1. The molecule has 2 aliphatic heterocycles. The number of hydrogen-bond donors (Lipinski definition) is 1. The molecule has 3 aromatic carbocycles. The maximum atomic E-state index is 13.5. The molecule has 6 nitrogen and oxygen atoms in total. The van der Waals surface area contributed by atoms with Crippen molar-refractivity contribution in [2.75, 3.05) is 32.7 Å². The zero-order chi connectivity index (χ0) is 38.1. The van der Waals surface area contributed by atoms with Gasteiger partial charge in [-0.15, -0.1) is 0 Å². The largest absolute Gasteiger partial charge is 0.490 e. The van der Waals surface area contributed by atoms with E-state index >= 15 is 0 Å². The number of nitrogens with zero attached hydrogens (tertiary/aromatic N) is 2. The quantitative estimate of drug-likeness (QED) is 0.222. The highest BCUT2D eigenvalue weighted by Gasteiger charge is 2.40. The second-order valence-corrected chi connectivity index (χ2v) is 12.8. The van der Waals surface area contributed by atoms with E-state index in [1.807, 2.05) is 65.6 Å². The summed E-state index contributed by atoms with van der Waals surface area (Å²) in [5.74, 6) is -3.23. The number of carbonyl (C=O) groups is 2. The third kappa shape index (κ3) is 11.7. The molecule has 15 heteroatoms. The van der Waals surface area contributed by atoms with Crippen LogP contribution in [0.2, 0.25) is 0 Å². The Morgan fingerprint density at radius 3 is 1.71 bits per heavy atom. The molecular weight excluding hydrogens is 707 g/mol. The molecule has 1 N–H and O–H groups in total. The first-order chi connectivity index (χ1) is 24.4. The van der Waals surface area contributed by atoms with Crippen molar-refractivity contribution >= 4 is 11.9 Å². The predicted molar refractivity (Wildman–Crippen MR) is 173 cm³/mol. The van der Waals surface area contributed by atoms with Gasteiger partial charge in [0.1, 0.15) is 0 Å². The second-order valence-electron chi connectivity index (χ2n) is 12.8. The SMILES string of the molecule is O=C(CCN1CCCCC1)N1CC[C@@H](OCc2cc(C(F)(F)F)cc(C(F)(F)F)c2)[C@@H](C(c2ccccc2)c2ccccc2)C1.O=C(O)C(F)(F)F. The fraction of sp³-hybridized carbons (Fsp3) is 0.459. The summed E-state index contributed by atoms with van der Waals surface area (Å²) < 4.78 is 119. The second kappa shape index (κ2) is 17.6. The number of carboxylic acids is 1. The van der Waals surface area contributed by atoms with Crippen LogP contribution in [0.1, 0.15) is 65.8 Å². The number of aliphatic carboxylic acids is 1. The fourth-order valence-corrected chi connectivity index (χ4v) is 6.62. The molecule has 2 atom stereocenters. The molecule has 2 aliphatic rings. The summed E-state index contributed by atoms with van der Waals surface area (Å²) in [4.78, 5) is 26.5. The minimum Gasteiger partial charge on any atom is -0.475 e. The van der Waals surface area contributed by atoms with Crippen LogP contribution in [0.4, 0.5) is 39.5 Å². The van der Waals surface area contributed by atoms with Gasteiger partial charge in [0.15, 0.2) is 0 Å². The van der Waals surface area contributed by atoms with Gasteiger partial charge in [-0.2, -0.15) is 39.5 Å². The average molecular weight is 747 g/mol. The van der Waals surface area contributed by atoms with Crippen LogP contribution in [0.5, 0.6) is 0 Å². The Bertz CT molecular complexity index is 1520. The number of carbonyl (C=O) groups excluding carboxylic acids is 1. The van der Waals surface area contributed by atoms with Crippen molar-refractivity contribution in [3.8, 4) is 0 Å². The summed E-state index contributed by atoms with van der Waals surface area (Å²) in [7, 11) is 0. The molecule has 0 aromatic heterocycles. The summed E-state index contributed by atoms with van der Waals surface area (Å²) in [6, 6.07) is 21.0. The number of carboxylic acid groups (broad SMARTS) is 1. The molecule has 0 radical (unpaired) electrons. The number of alkyl halides is 9. The molecule has 5 rings (SSSR count). The van der Waals surface area contributed by atoms with Gasteiger partial charge in [-0.3, -0.25) is 4.79 Å². The molecule has 2 saturated heterocycles. The molecule has 52 heavy (non-hydrogen) atoms. The number of likely N-dealkylation sites (tertiary alicyclic amines) is 2. The van der Waals surface area contributed by atoms with Crippen LogP contribution in [0.25, 0.3) is 0 Å². The first-order valence-electron chi connectivity index (χ1n) is 16.7. The maximum absolute atomic E-state index is 13.5. The van der Waals surface area contributed by atoms with E-state index in [-0.39, 0.29) is 29.4 Å². The van der Waals surface area contributed by atoms with Gasteiger partial charge in [0.25, 0.3) is 0 Å². The Kier molecular flexibility index (Phi) is 13.8. The number of benzene rings is 3. The van der Waals surface area contributed by atoms with E-state index in [2.05, 4.69) is 4.90 Å². The van der Waals surface area contributed by atoms with Crippen LogP contribution in [-0.4, -0.2) is 71.8 Å². The Labute approximate surface area is 295 Å². The lowest BCUT2D eigenvalue weighted by Crippen LogP contribution is -2.49. The topological polar surface area (TPSA) is 70.1 Å². The summed E-state index contributed by atoms with van der Waals surface area (Å²) in [6.07, 6.45) is -11.2. The monoisotopic (exact) mass is 746 g/mol. The summed E-state index contributed by atoms with van der Waals surface area (Å²) in [5, 5.41) is 7.12. The van der Waals surface area contributed by atoms with Crippen LogP contribution in [0.15, 0.2) is 78.9 Å². The van der Waals surface area contributed by atoms with Crippen LogP contribution < -0.4 is 0 Å². The van der Waals surface area contributed by atoms with E-state index < -0.39 is 48.3 Å². The standard InChI is InChI=1S/C35H38F6N2O2.C2HF3O2/c36-34(37,38)28-20-25(21-29(22-28)35(39,40)41)24-45-31-14-19-43(32(44)15-18-42-16-8-3-9-17-42)23-30(31)33(26-10-4-1-5-11-26)27-12-6-2-7-13-27;3-2(4,5)1(6)7/h1-2,4-7,10-13,20-22,30-31,33H,3,8-9,14-19,23-24H2;(H,6,7)/t30-,31+;/m0./s1. The summed E-state index contributed by atoms with van der Waals surface area (Å²) >= 11 is 0. The third-order valence-corrected chi connectivity index (χ3v) is 9.14. The highest BCUT2D eigenvalue weighted by Crippen LogP contribution is 2.40. The first-order valence-corrected chi connectivity index (χ1v) is 16.7. The smallest absolute Gasteiger partial charge is 0.475 e. The molecule has 0 bridgehead atoms. The van der Waals surface area contributed by atoms with Crippen LogP contribution in [0, 0.1) is 5.92 Å². The van der Waals surface area contributed by atoms with Gasteiger partial charge in [-0.1, -0.05) is 67.1 Å². The van der Waals surface area contributed by atoms with E-state index in [4.69, 9.17) is 14.6 Å². The van der Waals surface area contributed by atoms with Gasteiger partial charge in [-0.05, 0) is 67.2 Å². The number of piperidine rings is 2. The molecule has 2 fully saturated rings. The van der Waals surface area contributed by atoms with Crippen molar-refractivity contribution in [2.24, 2.45) is 5.92 Å². The molecule has 1 amide bonds. The molecule has 0 saturated carbocycles. The lowest BCUT2D eigenvalue weighted by atomic mass is 9.75. The van der Waals surface area contributed by atoms with E-state index in [0.29, 0.717) is 32.5 Å². The van der Waals surface area contributed by atoms with Gasteiger partial charge in [0.05, 0.1) is 23.8 Å². The number of rotatable bonds is 9. The summed E-state index contributed by atoms with van der Waals surface area (Å²) in [6.45, 7) is 3.00. The normalized spacial score (nSPS) is 18.8. The number of ether oxygens (including phenoxy) is 1. The van der Waals surface area contributed by atoms with Crippen molar-refractivity contribution in [1.29, 1.82) is 0 Å². The molecule has 3 aromatic rings. The van der Waals surface area contributed by atoms with Crippen molar-refractivity contribution in [1.82, 2.24) is 9.80 Å². The minimum atomic E-state index is -5.08. The van der Waals surface area contributed by atoms with Gasteiger partial charge in [-0.25, -0.2) is 4.79 Å². The van der Waals surface area contributed by atoms with E-state index in [1.54, 1.807) is 0 Å². The molecule has 0 aliphatic carbocycles. The number of halogens is 9. The van der Waals surface area contributed by atoms with Gasteiger partial charge in [0.2, 0.25) is 5.91 Å². The van der Waals surface area contributed by atoms with E-state index in [0.717, 1.165) is 49.2 Å². The Balaban J connectivity index is 0.000000785. The molecule has 284 valence electrons. The zero-order valence-corrected chi connectivity index (χ0v) is 28.0. The lowest BCUT2D eigenvalue weighted by molar-refractivity contribution is -0.192. The maximum Gasteiger partial charge on any atom is 0.490 e. The average Bonchev–Trinajstić information content (AvgIpc) is 3.10. The molecule has 2 heterocycles. The molecule has 0 unspecified atom stereocenters. The molecular formula is C37H39F9N2O4. The first kappa shape index (κ1) is 40.7. The van der Waals surface area contributed by atoms with Crippen LogP contribution in [0.3, 0.4) is 0 Å². The lowest BCUT2D eigenvalue weighted by Gasteiger charge is -2.43. The fourth-order valence-electron chi connectivity index (χ4n) is 6.62. The Hall–Kier alpha value is -4.11. The minimum absolute atomic E-state index is 0.0385. The van der Waals surface area contributed by atoms with Crippen molar-refractivity contribution in [2.45, 2.75) is 69.3 Å². The predicted octanol–water partition coefficient (Wildman–Crippen LogP) is 8.80. The highest BCUT2D eigenvalue weighted by atomic mass is 19.4. The van der Waals surface area contributed by atoms with Gasteiger partial charge >= 0.3 is 24.5 Å². The van der Waals surface area contributed by atoms with E-state index in [9.17, 15) is 44.3 Å². The Morgan fingerprint density at radius 2 is 1.25 bits per heavy atom. The third-order valence-electron chi connectivity index (χ3n) is 9.14. The van der Waals surface area contributed by atoms with Crippen molar-refractivity contribution in [3.05, 3.63) is 107 Å². The van der Waals surface area contributed by atoms with Gasteiger partial charge in [0, 0.05) is 37.9 Å². The molecule has 0 spiro atoms. The van der Waals surface area contributed by atoms with Crippen molar-refractivity contribution < 1.29 is 58.9 Å². The van der Waals surface area contributed by atoms with Crippen LogP contribution >= 0.6 is 0 Å². The van der Waals surface area contributed by atoms with Gasteiger partial charge < -0.3 is 19.6 Å².